The van der Waals surface area contributed by atoms with Crippen LogP contribution >= 0.6 is 0 Å². The topological polar surface area (TPSA) is 63.0 Å². The van der Waals surface area contributed by atoms with Crippen molar-refractivity contribution in [3.05, 3.63) is 24.2 Å². The fraction of sp³-hybridized carbons (Fsp3) is 0.625. The zero-order chi connectivity index (χ0) is 15.7. The fourth-order valence-electron chi connectivity index (χ4n) is 3.33. The molecule has 0 unspecified atom stereocenters. The van der Waals surface area contributed by atoms with Gasteiger partial charge < -0.3 is 19.0 Å². The van der Waals surface area contributed by atoms with E-state index in [-0.39, 0.29) is 30.1 Å². The smallest absolute Gasteiger partial charge is 0.245 e. The minimum atomic E-state index is -0.380. The van der Waals surface area contributed by atoms with Crippen LogP contribution in [0.1, 0.15) is 32.4 Å². The lowest BCUT2D eigenvalue weighted by Crippen LogP contribution is -2.54. The molecule has 0 aliphatic carbocycles. The molecule has 0 aromatic carbocycles. The molecule has 0 spiro atoms. The third-order valence-corrected chi connectivity index (χ3v) is 4.25. The van der Waals surface area contributed by atoms with E-state index in [9.17, 15) is 9.59 Å². The van der Waals surface area contributed by atoms with Gasteiger partial charge in [0.05, 0.1) is 25.0 Å². The molecule has 1 aromatic rings. The molecule has 1 aromatic heterocycles. The summed E-state index contributed by atoms with van der Waals surface area (Å²) in [6.45, 7) is 5.47. The van der Waals surface area contributed by atoms with Crippen molar-refractivity contribution in [2.45, 2.75) is 51.5 Å². The number of carbonyl (C=O) groups excluding carboxylic acids is 2. The zero-order valence-electron chi connectivity index (χ0n) is 13.0. The number of rotatable bonds is 3. The maximum atomic E-state index is 12.8. The highest BCUT2D eigenvalue weighted by molar-refractivity contribution is 5.91. The van der Waals surface area contributed by atoms with Crippen molar-refractivity contribution in [2.75, 3.05) is 13.1 Å². The molecule has 0 bridgehead atoms. The average Bonchev–Trinajstić information content (AvgIpc) is 3.09. The molecule has 0 saturated carbocycles. The van der Waals surface area contributed by atoms with Gasteiger partial charge in [-0.15, -0.1) is 0 Å². The van der Waals surface area contributed by atoms with Gasteiger partial charge in [0, 0.05) is 19.5 Å². The second kappa shape index (κ2) is 6.12. The Kier molecular flexibility index (Phi) is 4.20. The summed E-state index contributed by atoms with van der Waals surface area (Å²) in [5.74, 6) is 0.750. The van der Waals surface area contributed by atoms with E-state index >= 15 is 0 Å². The molecule has 2 amide bonds. The Bertz CT molecular complexity index is 532. The van der Waals surface area contributed by atoms with Crippen LogP contribution in [0, 0.1) is 0 Å². The molecule has 0 N–H and O–H groups in total. The van der Waals surface area contributed by atoms with E-state index in [4.69, 9.17) is 9.15 Å². The molecule has 2 aliphatic heterocycles. The van der Waals surface area contributed by atoms with Crippen molar-refractivity contribution >= 4 is 11.8 Å². The molecule has 3 rings (SSSR count). The molecule has 22 heavy (non-hydrogen) atoms. The van der Waals surface area contributed by atoms with Crippen LogP contribution in [0.25, 0.3) is 0 Å². The number of nitrogens with zero attached hydrogens (tertiary/aromatic N) is 2. The Hall–Kier alpha value is -1.82. The number of likely N-dealkylation sites (tertiary alicyclic amines) is 1. The highest BCUT2D eigenvalue weighted by Gasteiger charge is 2.40. The van der Waals surface area contributed by atoms with Crippen molar-refractivity contribution in [2.24, 2.45) is 0 Å². The van der Waals surface area contributed by atoms with E-state index in [1.54, 1.807) is 17.2 Å². The van der Waals surface area contributed by atoms with Gasteiger partial charge in [-0.3, -0.25) is 9.59 Å². The molecule has 120 valence electrons. The Morgan fingerprint density at radius 2 is 2.05 bits per heavy atom. The van der Waals surface area contributed by atoms with Crippen LogP contribution in [0.5, 0.6) is 0 Å². The van der Waals surface area contributed by atoms with E-state index in [1.165, 1.54) is 0 Å². The highest BCUT2D eigenvalue weighted by atomic mass is 16.5. The lowest BCUT2D eigenvalue weighted by Gasteiger charge is -2.38. The van der Waals surface area contributed by atoms with Crippen molar-refractivity contribution in [3.8, 4) is 0 Å². The lowest BCUT2D eigenvalue weighted by molar-refractivity contribution is -0.150. The first-order valence-electron chi connectivity index (χ1n) is 7.80. The highest BCUT2D eigenvalue weighted by Crippen LogP contribution is 2.24. The van der Waals surface area contributed by atoms with E-state index in [0.29, 0.717) is 38.2 Å². The van der Waals surface area contributed by atoms with Gasteiger partial charge in [0.1, 0.15) is 11.8 Å². The number of furan rings is 1. The monoisotopic (exact) mass is 306 g/mol. The van der Waals surface area contributed by atoms with Crippen LogP contribution in [0.15, 0.2) is 22.8 Å². The third-order valence-electron chi connectivity index (χ3n) is 4.25. The predicted molar refractivity (Wildman–Crippen MR) is 78.9 cm³/mol. The van der Waals surface area contributed by atoms with Crippen molar-refractivity contribution in [3.63, 3.8) is 0 Å². The SMILES string of the molecule is C[C@@H]1CN(C(=O)[C@@H]2CCC(=O)N2Cc2ccco2)C[C@H](C)O1. The van der Waals surface area contributed by atoms with Gasteiger partial charge in [0.15, 0.2) is 0 Å². The Morgan fingerprint density at radius 3 is 2.68 bits per heavy atom. The Balaban J connectivity index is 1.71. The number of morpholine rings is 1. The second-order valence-corrected chi connectivity index (χ2v) is 6.16. The first kappa shape index (κ1) is 15.1. The van der Waals surface area contributed by atoms with E-state index < -0.39 is 0 Å². The van der Waals surface area contributed by atoms with E-state index in [1.807, 2.05) is 24.8 Å². The number of carbonyl (C=O) groups is 2. The Labute approximate surface area is 130 Å². The average molecular weight is 306 g/mol. The van der Waals surface area contributed by atoms with Crippen molar-refractivity contribution in [1.29, 1.82) is 0 Å². The maximum Gasteiger partial charge on any atom is 0.245 e. The van der Waals surface area contributed by atoms with Gasteiger partial charge in [-0.1, -0.05) is 0 Å². The number of hydrogen-bond acceptors (Lipinski definition) is 4. The summed E-state index contributed by atoms with van der Waals surface area (Å²) in [6.07, 6.45) is 2.65. The Morgan fingerprint density at radius 1 is 1.32 bits per heavy atom. The largest absolute Gasteiger partial charge is 0.467 e. The normalized spacial score (nSPS) is 29.2. The third kappa shape index (κ3) is 3.02. The molecule has 6 heteroatoms. The number of ether oxygens (including phenoxy) is 1. The lowest BCUT2D eigenvalue weighted by atomic mass is 10.1. The molecule has 0 radical (unpaired) electrons. The maximum absolute atomic E-state index is 12.8. The first-order valence-corrected chi connectivity index (χ1v) is 7.80. The molecule has 3 heterocycles. The summed E-state index contributed by atoms with van der Waals surface area (Å²) in [7, 11) is 0. The van der Waals surface area contributed by atoms with Crippen LogP contribution in [0.4, 0.5) is 0 Å². The molecule has 2 saturated heterocycles. The summed E-state index contributed by atoms with van der Waals surface area (Å²) >= 11 is 0. The van der Waals surface area contributed by atoms with Crippen LogP contribution in [-0.2, 0) is 20.9 Å². The standard InChI is InChI=1S/C16H22N2O4/c1-11-8-17(9-12(2)22-11)16(20)14-5-6-15(19)18(14)10-13-4-3-7-21-13/h3-4,7,11-12,14H,5-6,8-10H2,1-2H3/t11-,12+,14-/m0/s1. The molecular weight excluding hydrogens is 284 g/mol. The van der Waals surface area contributed by atoms with Gasteiger partial charge in [0.25, 0.3) is 0 Å². The first-order chi connectivity index (χ1) is 10.5. The molecular formula is C16H22N2O4. The van der Waals surface area contributed by atoms with Gasteiger partial charge >= 0.3 is 0 Å². The summed E-state index contributed by atoms with van der Waals surface area (Å²) < 4.78 is 11.0. The zero-order valence-corrected chi connectivity index (χ0v) is 13.0. The summed E-state index contributed by atoms with van der Waals surface area (Å²) in [4.78, 5) is 28.4. The number of hydrogen-bond donors (Lipinski definition) is 0. The molecule has 2 fully saturated rings. The summed E-state index contributed by atoms with van der Waals surface area (Å²) in [5.41, 5.74) is 0. The van der Waals surface area contributed by atoms with Gasteiger partial charge in [-0.25, -0.2) is 0 Å². The van der Waals surface area contributed by atoms with Crippen LogP contribution in [-0.4, -0.2) is 53.0 Å². The van der Waals surface area contributed by atoms with Crippen molar-refractivity contribution < 1.29 is 18.7 Å². The molecule has 2 aliphatic rings. The predicted octanol–water partition coefficient (Wildman–Crippen LogP) is 1.41. The summed E-state index contributed by atoms with van der Waals surface area (Å²) in [5, 5.41) is 0. The van der Waals surface area contributed by atoms with Crippen LogP contribution < -0.4 is 0 Å². The van der Waals surface area contributed by atoms with Gasteiger partial charge in [-0.2, -0.15) is 0 Å². The van der Waals surface area contributed by atoms with Gasteiger partial charge in [-0.05, 0) is 32.4 Å². The van der Waals surface area contributed by atoms with E-state index in [2.05, 4.69) is 0 Å². The van der Waals surface area contributed by atoms with E-state index in [0.717, 1.165) is 0 Å². The van der Waals surface area contributed by atoms with Crippen molar-refractivity contribution in [1.82, 2.24) is 9.80 Å². The second-order valence-electron chi connectivity index (χ2n) is 6.16. The minimum absolute atomic E-state index is 0.0177. The molecule has 3 atom stereocenters. The minimum Gasteiger partial charge on any atom is -0.467 e. The quantitative estimate of drug-likeness (QED) is 0.847. The number of amides is 2. The van der Waals surface area contributed by atoms with Gasteiger partial charge in [0.2, 0.25) is 11.8 Å². The molecule has 6 nitrogen and oxygen atoms in total. The fourth-order valence-corrected chi connectivity index (χ4v) is 3.33. The summed E-state index contributed by atoms with van der Waals surface area (Å²) in [6, 6.07) is 3.24. The van der Waals surface area contributed by atoms with Crippen LogP contribution in [0.3, 0.4) is 0 Å². The van der Waals surface area contributed by atoms with Crippen LogP contribution in [0.2, 0.25) is 0 Å².